The summed E-state index contributed by atoms with van der Waals surface area (Å²) in [6, 6.07) is 19.2. The van der Waals surface area contributed by atoms with Crippen molar-refractivity contribution in [1.29, 1.82) is 0 Å². The van der Waals surface area contributed by atoms with Crippen LogP contribution in [0.15, 0.2) is 71.2 Å². The zero-order chi connectivity index (χ0) is 45.2. The van der Waals surface area contributed by atoms with Crippen molar-refractivity contribution < 1.29 is 47.8 Å². The molecule has 0 bridgehead atoms. The molecule has 1 aromatic heterocycles. The van der Waals surface area contributed by atoms with Gasteiger partial charge in [-0.2, -0.15) is 0 Å². The van der Waals surface area contributed by atoms with Crippen molar-refractivity contribution >= 4 is 94.2 Å². The number of esters is 1. The van der Waals surface area contributed by atoms with E-state index in [4.69, 9.17) is 18.7 Å². The van der Waals surface area contributed by atoms with Gasteiger partial charge in [0.2, 0.25) is 11.5 Å². The van der Waals surface area contributed by atoms with Gasteiger partial charge in [-0.15, -0.1) is 34.9 Å². The zero-order valence-electron chi connectivity index (χ0n) is 36.3. The molecule has 2 aliphatic heterocycles. The summed E-state index contributed by atoms with van der Waals surface area (Å²) in [5.74, 6) is -2.89. The highest BCUT2D eigenvalue weighted by Gasteiger charge is 2.63. The SMILES string of the molecule is CC(C)(C)OC(=O)Nc1nc(/C(=N/OC(C)(C)C(=O)OC(C)(C)C)C(=O)N[C@@H]2C(=O)N3C[C@](SCCO[Si](c4ccccc4)(c4ccccc4)C(C)(C)C)(C(=O)O)S[C@H]23)cs1. The second-order valence-corrected chi connectivity index (χ2v) is 26.3. The summed E-state index contributed by atoms with van der Waals surface area (Å²) in [7, 11) is -2.88. The first-order chi connectivity index (χ1) is 28.3. The van der Waals surface area contributed by atoms with Crippen LogP contribution in [0.5, 0.6) is 0 Å². The van der Waals surface area contributed by atoms with Crippen LogP contribution in [0, 0.1) is 0 Å². The predicted molar refractivity (Wildman–Crippen MR) is 241 cm³/mol. The Hall–Kier alpha value is -4.43. The average Bonchev–Trinajstić information content (AvgIpc) is 3.76. The maximum atomic E-state index is 14.0. The van der Waals surface area contributed by atoms with Gasteiger partial charge in [-0.3, -0.25) is 14.9 Å². The second kappa shape index (κ2) is 18.1. The van der Waals surface area contributed by atoms with E-state index >= 15 is 0 Å². The molecule has 2 aromatic carbocycles. The lowest BCUT2D eigenvalue weighted by molar-refractivity contribution is -0.179. The Balaban J connectivity index is 1.33. The van der Waals surface area contributed by atoms with E-state index < -0.39 is 76.2 Å². The van der Waals surface area contributed by atoms with Gasteiger partial charge in [-0.1, -0.05) is 86.6 Å². The molecule has 0 spiro atoms. The molecule has 61 heavy (non-hydrogen) atoms. The van der Waals surface area contributed by atoms with Crippen LogP contribution >= 0.6 is 34.9 Å². The number of anilines is 1. The quantitative estimate of drug-likeness (QED) is 0.0413. The number of β-lactam (4-membered cyclic amide) rings is 1. The summed E-state index contributed by atoms with van der Waals surface area (Å²) in [5, 5.41) is 22.6. The van der Waals surface area contributed by atoms with Crippen molar-refractivity contribution in [2.45, 2.75) is 113 Å². The number of nitrogens with one attached hydrogen (secondary N) is 2. The Bertz CT molecular complexity index is 2090. The third-order valence-electron chi connectivity index (χ3n) is 9.42. The standard InChI is InChI=1S/C42H55N5O10S3Si/c1-38(2,3)55-35(52)41(10,11)57-46-29(28-24-58-36(43-28)45-37(53)56-39(4,5)6)31(48)44-30-32(49)47-25-42(34(50)51,60-33(30)47)59-23-22-54-61(40(7,8)9,26-18-14-12-15-19-26)27-20-16-13-17-21-27/h12-21,24,30,33H,22-23,25H2,1-11H3,(H,44,48)(H,50,51)(H,43,45,53)/b46-29-/t30-,33-,42-/m1/s1. The van der Waals surface area contributed by atoms with Crippen LogP contribution in [-0.4, -0.2) is 110 Å². The fraction of sp³-hybridized carbons (Fsp3) is 0.500. The number of aliphatic carboxylic acids is 1. The number of amides is 3. The highest BCUT2D eigenvalue weighted by Crippen LogP contribution is 2.52. The molecule has 2 aliphatic rings. The zero-order valence-corrected chi connectivity index (χ0v) is 39.8. The van der Waals surface area contributed by atoms with Crippen molar-refractivity contribution in [2.75, 3.05) is 24.2 Å². The number of thiazole rings is 1. The molecule has 2 fully saturated rings. The van der Waals surface area contributed by atoms with Gasteiger partial charge in [0, 0.05) is 17.7 Å². The maximum absolute atomic E-state index is 14.0. The molecule has 3 amide bonds. The van der Waals surface area contributed by atoms with Crippen LogP contribution in [0.3, 0.4) is 0 Å². The molecule has 19 heteroatoms. The highest BCUT2D eigenvalue weighted by molar-refractivity contribution is 8.20. The van der Waals surface area contributed by atoms with E-state index in [1.54, 1.807) is 41.5 Å². The monoisotopic (exact) mass is 913 g/mol. The number of rotatable bonds is 15. The normalized spacial score (nSPS) is 19.7. The number of aromatic nitrogens is 1. The number of carbonyl (C=O) groups is 5. The molecule has 3 aromatic rings. The average molecular weight is 914 g/mol. The second-order valence-electron chi connectivity index (χ2n) is 18.1. The van der Waals surface area contributed by atoms with Gasteiger partial charge < -0.3 is 34.1 Å². The Kier molecular flexibility index (Phi) is 14.1. The highest BCUT2D eigenvalue weighted by atomic mass is 32.2. The first kappa shape index (κ1) is 47.6. The molecule has 3 N–H and O–H groups in total. The number of carboxylic acids is 1. The van der Waals surface area contributed by atoms with Crippen LogP contribution in [0.4, 0.5) is 9.93 Å². The summed E-state index contributed by atoms with van der Waals surface area (Å²) in [5.41, 5.74) is -3.72. The lowest BCUT2D eigenvalue weighted by Crippen LogP contribution is -2.68. The molecular weight excluding hydrogens is 859 g/mol. The Morgan fingerprint density at radius 1 is 0.918 bits per heavy atom. The number of fused-ring (bicyclic) bond motifs is 1. The van der Waals surface area contributed by atoms with E-state index in [1.165, 1.54) is 35.9 Å². The van der Waals surface area contributed by atoms with E-state index in [1.807, 2.05) is 36.4 Å². The minimum absolute atomic E-state index is 0.0347. The van der Waals surface area contributed by atoms with Gasteiger partial charge in [-0.05, 0) is 70.8 Å². The number of ether oxygens (including phenoxy) is 2. The molecule has 330 valence electrons. The van der Waals surface area contributed by atoms with Gasteiger partial charge >= 0.3 is 18.0 Å². The summed E-state index contributed by atoms with van der Waals surface area (Å²) in [6.07, 6.45) is -0.772. The van der Waals surface area contributed by atoms with Crippen molar-refractivity contribution in [3.8, 4) is 0 Å². The van der Waals surface area contributed by atoms with Gasteiger partial charge in [0.05, 0.1) is 6.54 Å². The smallest absolute Gasteiger partial charge is 0.413 e. The van der Waals surface area contributed by atoms with Crippen LogP contribution in [0.1, 0.15) is 81.9 Å². The number of nitrogens with zero attached hydrogens (tertiary/aromatic N) is 3. The molecule has 15 nitrogen and oxygen atoms in total. The minimum Gasteiger partial charge on any atom is -0.480 e. The van der Waals surface area contributed by atoms with Crippen LogP contribution in [0.25, 0.3) is 0 Å². The Labute approximate surface area is 370 Å². The number of carboxylic acid groups (broad SMARTS) is 1. The fourth-order valence-electron chi connectivity index (χ4n) is 6.68. The molecule has 0 aliphatic carbocycles. The largest absolute Gasteiger partial charge is 0.480 e. The molecule has 3 atom stereocenters. The number of thioether (sulfide) groups is 2. The molecule has 0 unspecified atom stereocenters. The fourth-order valence-corrected chi connectivity index (χ4v) is 15.1. The topological polar surface area (TPSA) is 195 Å². The molecule has 3 heterocycles. The number of hydrogen-bond donors (Lipinski definition) is 3. The van der Waals surface area contributed by atoms with Crippen LogP contribution < -0.4 is 21.0 Å². The molecule has 2 saturated heterocycles. The van der Waals surface area contributed by atoms with E-state index in [2.05, 4.69) is 65.8 Å². The Morgan fingerprint density at radius 3 is 2.02 bits per heavy atom. The van der Waals surface area contributed by atoms with E-state index in [-0.39, 0.29) is 29.0 Å². The van der Waals surface area contributed by atoms with E-state index in [0.29, 0.717) is 5.75 Å². The summed E-state index contributed by atoms with van der Waals surface area (Å²) >= 11 is 3.25. The summed E-state index contributed by atoms with van der Waals surface area (Å²) < 4.78 is 16.3. The van der Waals surface area contributed by atoms with E-state index in [9.17, 15) is 29.1 Å². The minimum atomic E-state index is -2.88. The lowest BCUT2D eigenvalue weighted by Gasteiger charge is -2.43. The van der Waals surface area contributed by atoms with Crippen molar-refractivity contribution in [3.63, 3.8) is 0 Å². The predicted octanol–water partition coefficient (Wildman–Crippen LogP) is 5.82. The molecular formula is C42H55N5O10S3Si. The lowest BCUT2D eigenvalue weighted by atomic mass is 10.1. The van der Waals surface area contributed by atoms with E-state index in [0.717, 1.165) is 33.5 Å². The third-order valence-corrected chi connectivity index (χ3v) is 18.5. The first-order valence-electron chi connectivity index (χ1n) is 19.7. The van der Waals surface area contributed by atoms with Gasteiger partial charge in [0.15, 0.2) is 14.9 Å². The van der Waals surface area contributed by atoms with Gasteiger partial charge in [0.25, 0.3) is 14.2 Å². The molecule has 0 saturated carbocycles. The van der Waals surface area contributed by atoms with Gasteiger partial charge in [-0.25, -0.2) is 19.4 Å². The maximum Gasteiger partial charge on any atom is 0.413 e. The first-order valence-corrected chi connectivity index (χ1v) is 24.3. The number of hydrogen-bond acceptors (Lipinski definition) is 14. The van der Waals surface area contributed by atoms with Crippen LogP contribution in [0.2, 0.25) is 5.04 Å². The summed E-state index contributed by atoms with van der Waals surface area (Å²) in [6.45, 7) is 19.7. The van der Waals surface area contributed by atoms with Crippen molar-refractivity contribution in [1.82, 2.24) is 15.2 Å². The van der Waals surface area contributed by atoms with Crippen LogP contribution in [-0.2, 0) is 37.9 Å². The molecule has 5 rings (SSSR count). The summed E-state index contributed by atoms with van der Waals surface area (Å²) in [4.78, 5) is 77.4. The number of benzene rings is 2. The van der Waals surface area contributed by atoms with Gasteiger partial charge in [0.1, 0.15) is 28.3 Å². The van der Waals surface area contributed by atoms with Crippen molar-refractivity contribution in [3.05, 3.63) is 71.7 Å². The molecule has 0 radical (unpaired) electrons. The number of carbonyl (C=O) groups excluding carboxylic acids is 4. The number of oxime groups is 1. The third kappa shape index (κ3) is 11.0. The van der Waals surface area contributed by atoms with Crippen molar-refractivity contribution in [2.24, 2.45) is 5.16 Å². The Morgan fingerprint density at radius 2 is 1.49 bits per heavy atom.